The Morgan fingerprint density at radius 3 is 2.38 bits per heavy atom. The first-order chi connectivity index (χ1) is 18.1. The van der Waals surface area contributed by atoms with E-state index in [1.54, 1.807) is 4.90 Å². The molecule has 3 heterocycles. The first-order valence-corrected chi connectivity index (χ1v) is 14.2. The largest absolute Gasteiger partial charge is 0.489 e. The topological polar surface area (TPSA) is 99.2 Å². The Hall–Kier alpha value is -2.45. The monoisotopic (exact) mass is 511 g/mol. The van der Waals surface area contributed by atoms with Gasteiger partial charge in [0.1, 0.15) is 17.9 Å². The van der Waals surface area contributed by atoms with Gasteiger partial charge < -0.3 is 14.7 Å². The van der Waals surface area contributed by atoms with Crippen LogP contribution in [0.3, 0.4) is 0 Å². The lowest BCUT2D eigenvalue weighted by atomic mass is 9.75. The molecular formula is C29H41N3O5. The van der Waals surface area contributed by atoms with Crippen LogP contribution in [-0.2, 0) is 16.1 Å². The molecule has 3 amide bonds. The Kier molecular flexibility index (Phi) is 8.15. The number of nitrogens with one attached hydrogen (secondary N) is 1. The van der Waals surface area contributed by atoms with Gasteiger partial charge in [-0.3, -0.25) is 24.6 Å². The highest BCUT2D eigenvalue weighted by atomic mass is 16.5. The van der Waals surface area contributed by atoms with Crippen LogP contribution < -0.4 is 10.1 Å². The predicted octanol–water partition coefficient (Wildman–Crippen LogP) is 3.26. The number of rotatable bonds is 5. The van der Waals surface area contributed by atoms with Gasteiger partial charge in [-0.15, -0.1) is 0 Å². The molecule has 4 fully saturated rings. The summed E-state index contributed by atoms with van der Waals surface area (Å²) in [5, 5.41) is 9.37. The Morgan fingerprint density at radius 1 is 0.892 bits per heavy atom. The van der Waals surface area contributed by atoms with Crippen molar-refractivity contribution >= 4 is 17.7 Å². The molecule has 2 saturated carbocycles. The summed E-state index contributed by atoms with van der Waals surface area (Å²) >= 11 is 0. The molecular weight excluding hydrogens is 470 g/mol. The third kappa shape index (κ3) is 5.41. The van der Waals surface area contributed by atoms with Crippen LogP contribution in [0.1, 0.15) is 86.6 Å². The second kappa shape index (κ2) is 11.5. The molecule has 0 radical (unpaired) electrons. The van der Waals surface area contributed by atoms with Crippen LogP contribution in [0, 0.1) is 11.8 Å². The molecule has 2 saturated heterocycles. The van der Waals surface area contributed by atoms with Crippen molar-refractivity contribution in [1.82, 2.24) is 15.1 Å². The number of likely N-dealkylation sites (tertiary alicyclic amines) is 1. The summed E-state index contributed by atoms with van der Waals surface area (Å²) in [5.74, 6) is 1.87. The van der Waals surface area contributed by atoms with Crippen LogP contribution in [0.25, 0.3) is 0 Å². The third-order valence-electron chi connectivity index (χ3n) is 9.17. The van der Waals surface area contributed by atoms with Gasteiger partial charge in [-0.1, -0.05) is 38.5 Å². The van der Waals surface area contributed by atoms with E-state index in [1.165, 1.54) is 64.5 Å². The van der Waals surface area contributed by atoms with Crippen LogP contribution in [0.2, 0.25) is 0 Å². The second-order valence-corrected chi connectivity index (χ2v) is 11.3. The average molecular weight is 512 g/mol. The first-order valence-electron chi connectivity index (χ1n) is 14.2. The molecule has 202 valence electrons. The Bertz CT molecular complexity index is 1000. The van der Waals surface area contributed by atoms with Gasteiger partial charge in [0.15, 0.2) is 0 Å². The molecule has 3 atom stereocenters. The smallest absolute Gasteiger partial charge is 0.255 e. The molecule has 6 rings (SSSR count). The van der Waals surface area contributed by atoms with Crippen LogP contribution in [0.4, 0.5) is 0 Å². The maximum Gasteiger partial charge on any atom is 0.255 e. The summed E-state index contributed by atoms with van der Waals surface area (Å²) in [5.41, 5.74) is 1.55. The van der Waals surface area contributed by atoms with Crippen molar-refractivity contribution in [3.63, 3.8) is 0 Å². The fraction of sp³-hybridized carbons (Fsp3) is 0.690. The third-order valence-corrected chi connectivity index (χ3v) is 9.17. The number of benzene rings is 1. The Morgan fingerprint density at radius 2 is 1.62 bits per heavy atom. The molecule has 2 N–H and O–H groups in total. The number of nitrogens with zero attached hydrogens (tertiary/aromatic N) is 2. The van der Waals surface area contributed by atoms with Crippen molar-refractivity contribution in [2.75, 3.05) is 20.2 Å². The van der Waals surface area contributed by atoms with E-state index < -0.39 is 6.04 Å². The molecule has 8 nitrogen and oxygen atoms in total. The quantitative estimate of drug-likeness (QED) is 0.589. The number of aliphatic hydroxyl groups excluding tert-OH is 1. The number of fused-ring (bicyclic) bond motifs is 1. The van der Waals surface area contributed by atoms with Gasteiger partial charge in [0.25, 0.3) is 5.91 Å². The van der Waals surface area contributed by atoms with E-state index in [0.717, 1.165) is 36.7 Å². The minimum absolute atomic E-state index is 0.133. The molecule has 0 bridgehead atoms. The van der Waals surface area contributed by atoms with E-state index in [2.05, 4.69) is 10.2 Å². The number of hydrogen-bond acceptors (Lipinski definition) is 6. The first kappa shape index (κ1) is 26.2. The lowest BCUT2D eigenvalue weighted by Crippen LogP contribution is -2.59. The highest BCUT2D eigenvalue weighted by Crippen LogP contribution is 2.39. The number of hydrogen-bond donors (Lipinski definition) is 2. The highest BCUT2D eigenvalue weighted by Gasteiger charge is 2.42. The lowest BCUT2D eigenvalue weighted by molar-refractivity contribution is -0.136. The van der Waals surface area contributed by atoms with E-state index in [4.69, 9.17) is 9.84 Å². The number of piperidine rings is 1. The molecule has 5 aliphatic rings. The predicted molar refractivity (Wildman–Crippen MR) is 139 cm³/mol. The van der Waals surface area contributed by atoms with Gasteiger partial charge in [0.2, 0.25) is 11.8 Å². The number of carbonyl (C=O) groups is 3. The standard InChI is InChI=1S/C28H37N3O4.CH4O/c32-26-13-12-24(27(33)29-26)31-17-19-14-21(10-11-22(19)28(31)34)35-25-9-5-4-8-23(25)30-15-20(16-30)18-6-2-1-3-7-18;1-2/h10-11,14,18,20,23-25H,1-9,12-13,15-17H2,(H,29,32,33);2H,1H3. The number of imide groups is 1. The second-order valence-electron chi connectivity index (χ2n) is 11.3. The molecule has 0 aromatic heterocycles. The van der Waals surface area contributed by atoms with E-state index in [1.807, 2.05) is 18.2 Å². The zero-order valence-electron chi connectivity index (χ0n) is 22.0. The van der Waals surface area contributed by atoms with Crippen molar-refractivity contribution in [1.29, 1.82) is 0 Å². The van der Waals surface area contributed by atoms with Crippen LogP contribution in [0.15, 0.2) is 18.2 Å². The van der Waals surface area contributed by atoms with Gasteiger partial charge in [-0.2, -0.15) is 0 Å². The number of carbonyl (C=O) groups excluding carboxylic acids is 3. The van der Waals surface area contributed by atoms with Gasteiger partial charge in [0.05, 0.1) is 0 Å². The molecule has 3 aliphatic heterocycles. The Balaban J connectivity index is 0.00000137. The van der Waals surface area contributed by atoms with Crippen LogP contribution in [0.5, 0.6) is 5.75 Å². The van der Waals surface area contributed by atoms with Gasteiger partial charge in [0, 0.05) is 44.8 Å². The number of amides is 3. The van der Waals surface area contributed by atoms with E-state index >= 15 is 0 Å². The SMILES string of the molecule is CO.O=C1CCC(N2Cc3cc(OC4CCCCC4N4CC(C5CCCCC5)C4)ccc3C2=O)C(=O)N1. The summed E-state index contributed by atoms with van der Waals surface area (Å²) in [6.45, 7) is 2.85. The minimum Gasteiger partial charge on any atom is -0.489 e. The molecule has 0 spiro atoms. The van der Waals surface area contributed by atoms with E-state index in [-0.39, 0.29) is 30.2 Å². The van der Waals surface area contributed by atoms with Crippen molar-refractivity contribution < 1.29 is 24.2 Å². The fourth-order valence-electron chi connectivity index (χ4n) is 7.15. The summed E-state index contributed by atoms with van der Waals surface area (Å²) in [4.78, 5) is 41.1. The minimum atomic E-state index is -0.580. The van der Waals surface area contributed by atoms with E-state index in [0.29, 0.717) is 24.6 Å². The van der Waals surface area contributed by atoms with Gasteiger partial charge in [-0.25, -0.2) is 0 Å². The van der Waals surface area contributed by atoms with E-state index in [9.17, 15) is 14.4 Å². The Labute approximate surface area is 219 Å². The zero-order valence-corrected chi connectivity index (χ0v) is 22.0. The van der Waals surface area contributed by atoms with Crippen molar-refractivity contribution in [2.45, 2.75) is 95.4 Å². The molecule has 8 heteroatoms. The molecule has 3 unspecified atom stereocenters. The fourth-order valence-corrected chi connectivity index (χ4v) is 7.15. The summed E-state index contributed by atoms with van der Waals surface area (Å²) in [6, 6.07) is 5.66. The van der Waals surface area contributed by atoms with Crippen molar-refractivity contribution in [2.24, 2.45) is 11.8 Å². The average Bonchev–Trinajstić information content (AvgIpc) is 3.21. The molecule has 37 heavy (non-hydrogen) atoms. The zero-order chi connectivity index (χ0) is 25.9. The molecule has 2 aliphatic carbocycles. The lowest BCUT2D eigenvalue weighted by Gasteiger charge is -2.51. The summed E-state index contributed by atoms with van der Waals surface area (Å²) in [6.07, 6.45) is 12.7. The molecule has 1 aromatic carbocycles. The van der Waals surface area contributed by atoms with Crippen LogP contribution >= 0.6 is 0 Å². The summed E-state index contributed by atoms with van der Waals surface area (Å²) in [7, 11) is 1.00. The van der Waals surface area contributed by atoms with Crippen molar-refractivity contribution in [3.05, 3.63) is 29.3 Å². The molecule has 1 aromatic rings. The van der Waals surface area contributed by atoms with Gasteiger partial charge >= 0.3 is 0 Å². The normalized spacial score (nSPS) is 29.2. The van der Waals surface area contributed by atoms with Crippen LogP contribution in [-0.4, -0.2) is 71.0 Å². The summed E-state index contributed by atoms with van der Waals surface area (Å²) < 4.78 is 6.59. The highest BCUT2D eigenvalue weighted by molar-refractivity contribution is 6.05. The maximum atomic E-state index is 13.0. The van der Waals surface area contributed by atoms with Gasteiger partial charge in [-0.05, 0) is 61.3 Å². The van der Waals surface area contributed by atoms with Crippen molar-refractivity contribution in [3.8, 4) is 5.75 Å². The maximum absolute atomic E-state index is 13.0. The number of ether oxygens (including phenoxy) is 1. The number of aliphatic hydroxyl groups is 1.